The fourth-order valence-electron chi connectivity index (χ4n) is 2.60. The number of benzene rings is 2. The number of anilines is 1. The van der Waals surface area contributed by atoms with Crippen LogP contribution in [-0.4, -0.2) is 4.99 Å². The number of thiocarbonyl (C=S) groups is 1. The number of hydrogen-bond donors (Lipinski definition) is 1. The summed E-state index contributed by atoms with van der Waals surface area (Å²) >= 11 is 5.33. The minimum absolute atomic E-state index is 0.537. The largest absolute Gasteiger partial charge is 0.489 e. The minimum atomic E-state index is 0.537. The average molecular weight is 342 g/mol. The summed E-state index contributed by atoms with van der Waals surface area (Å²) in [6.07, 6.45) is 2.89. The van der Waals surface area contributed by atoms with E-state index < -0.39 is 0 Å². The molecule has 0 unspecified atom stereocenters. The van der Waals surface area contributed by atoms with E-state index in [2.05, 4.69) is 69.4 Å². The van der Waals surface area contributed by atoms with E-state index in [4.69, 9.17) is 17.0 Å². The molecule has 2 nitrogen and oxygen atoms in total. The van der Waals surface area contributed by atoms with E-state index in [1.165, 1.54) is 16.7 Å². The van der Waals surface area contributed by atoms with Crippen molar-refractivity contribution >= 4 is 22.9 Å². The third-order valence-electron chi connectivity index (χ3n) is 4.20. The molecule has 0 aliphatic heterocycles. The Morgan fingerprint density at radius 2 is 1.67 bits per heavy atom. The lowest BCUT2D eigenvalue weighted by Gasteiger charge is -2.16. The molecule has 0 amide bonds. The van der Waals surface area contributed by atoms with Crippen molar-refractivity contribution in [3.63, 3.8) is 0 Å². The van der Waals surface area contributed by atoms with E-state index >= 15 is 0 Å². The molecule has 0 saturated carbocycles. The predicted octanol–water partition coefficient (Wildman–Crippen LogP) is 5.85. The summed E-state index contributed by atoms with van der Waals surface area (Å²) in [5.74, 6) is 0.943. The summed E-state index contributed by atoms with van der Waals surface area (Å²) in [5.41, 5.74) is 6.01. The standard InChI is InChI=1S/C21H27NOS/c1-5-16-9-11-20(15(4)12-16)23-14-18-13-17(6-2)8-10-19(18)22-21(24)7-3/h8-13H,5-7,14H2,1-4H3,(H,22,24). The van der Waals surface area contributed by atoms with E-state index in [9.17, 15) is 0 Å². The Morgan fingerprint density at radius 1 is 1.00 bits per heavy atom. The third kappa shape index (κ3) is 4.81. The van der Waals surface area contributed by atoms with Gasteiger partial charge in [0.1, 0.15) is 12.4 Å². The second-order valence-electron chi connectivity index (χ2n) is 5.99. The lowest BCUT2D eigenvalue weighted by atomic mass is 10.1. The average Bonchev–Trinajstić information content (AvgIpc) is 2.61. The fourth-order valence-corrected chi connectivity index (χ4v) is 2.71. The zero-order chi connectivity index (χ0) is 17.5. The van der Waals surface area contributed by atoms with Crippen LogP contribution in [-0.2, 0) is 19.4 Å². The lowest BCUT2D eigenvalue weighted by molar-refractivity contribution is 0.304. The van der Waals surface area contributed by atoms with E-state index in [-0.39, 0.29) is 0 Å². The molecule has 0 aromatic heterocycles. The Kier molecular flexibility index (Phi) is 6.80. The molecule has 0 bridgehead atoms. The van der Waals surface area contributed by atoms with Gasteiger partial charge in [0.2, 0.25) is 0 Å². The molecule has 0 aliphatic rings. The van der Waals surface area contributed by atoms with Gasteiger partial charge in [-0.3, -0.25) is 0 Å². The molecular weight excluding hydrogens is 314 g/mol. The maximum Gasteiger partial charge on any atom is 0.122 e. The van der Waals surface area contributed by atoms with Crippen molar-refractivity contribution in [1.82, 2.24) is 0 Å². The van der Waals surface area contributed by atoms with Gasteiger partial charge in [-0.25, -0.2) is 0 Å². The molecule has 0 aliphatic carbocycles. The van der Waals surface area contributed by atoms with Crippen LogP contribution in [0.1, 0.15) is 49.4 Å². The predicted molar refractivity (Wildman–Crippen MR) is 107 cm³/mol. The van der Waals surface area contributed by atoms with Gasteiger partial charge >= 0.3 is 0 Å². The molecule has 2 aromatic carbocycles. The molecule has 0 radical (unpaired) electrons. The highest BCUT2D eigenvalue weighted by Gasteiger charge is 2.08. The van der Waals surface area contributed by atoms with Gasteiger partial charge in [-0.1, -0.05) is 57.3 Å². The maximum atomic E-state index is 6.09. The quantitative estimate of drug-likeness (QED) is 0.638. The van der Waals surface area contributed by atoms with E-state index in [0.29, 0.717) is 6.61 Å². The van der Waals surface area contributed by atoms with Gasteiger partial charge < -0.3 is 10.1 Å². The molecule has 1 N–H and O–H groups in total. The van der Waals surface area contributed by atoms with Crippen LogP contribution in [0.2, 0.25) is 0 Å². The van der Waals surface area contributed by atoms with E-state index in [1.807, 2.05) is 0 Å². The lowest BCUT2D eigenvalue weighted by Crippen LogP contribution is -2.10. The molecule has 2 rings (SSSR count). The molecular formula is C21H27NOS. The van der Waals surface area contributed by atoms with Crippen molar-refractivity contribution in [3.05, 3.63) is 58.7 Å². The molecule has 0 spiro atoms. The molecule has 0 fully saturated rings. The van der Waals surface area contributed by atoms with Gasteiger partial charge in [-0.15, -0.1) is 0 Å². The molecule has 0 heterocycles. The maximum absolute atomic E-state index is 6.09. The Labute approximate surface area is 151 Å². The fraction of sp³-hybridized carbons (Fsp3) is 0.381. The van der Waals surface area contributed by atoms with Crippen LogP contribution in [0.5, 0.6) is 5.75 Å². The molecule has 3 heteroatoms. The summed E-state index contributed by atoms with van der Waals surface area (Å²) < 4.78 is 6.09. The molecule has 0 saturated heterocycles. The van der Waals surface area contributed by atoms with Gasteiger partial charge in [0.15, 0.2) is 0 Å². The smallest absolute Gasteiger partial charge is 0.122 e. The molecule has 128 valence electrons. The van der Waals surface area contributed by atoms with Crippen LogP contribution in [0.3, 0.4) is 0 Å². The number of nitrogens with one attached hydrogen (secondary N) is 1. The highest BCUT2D eigenvalue weighted by atomic mass is 32.1. The van der Waals surface area contributed by atoms with Gasteiger partial charge in [0.25, 0.3) is 0 Å². The van der Waals surface area contributed by atoms with Crippen LogP contribution in [0.4, 0.5) is 5.69 Å². The number of ether oxygens (including phenoxy) is 1. The van der Waals surface area contributed by atoms with Crippen LogP contribution < -0.4 is 10.1 Å². The highest BCUT2D eigenvalue weighted by Crippen LogP contribution is 2.24. The zero-order valence-electron chi connectivity index (χ0n) is 15.1. The summed E-state index contributed by atoms with van der Waals surface area (Å²) in [6, 6.07) is 12.9. The van der Waals surface area contributed by atoms with Crippen molar-refractivity contribution in [3.8, 4) is 5.75 Å². The Morgan fingerprint density at radius 3 is 2.29 bits per heavy atom. The molecule has 2 aromatic rings. The van der Waals surface area contributed by atoms with Crippen molar-refractivity contribution in [2.45, 2.75) is 53.6 Å². The van der Waals surface area contributed by atoms with Crippen molar-refractivity contribution in [2.75, 3.05) is 5.32 Å². The van der Waals surface area contributed by atoms with Crippen LogP contribution >= 0.6 is 12.2 Å². The monoisotopic (exact) mass is 341 g/mol. The molecule has 24 heavy (non-hydrogen) atoms. The summed E-state index contributed by atoms with van der Waals surface area (Å²) in [4.78, 5) is 0.851. The minimum Gasteiger partial charge on any atom is -0.489 e. The first kappa shape index (κ1) is 18.5. The first-order valence-corrected chi connectivity index (χ1v) is 9.12. The summed E-state index contributed by atoms with van der Waals surface area (Å²) in [6.45, 7) is 9.03. The number of rotatable bonds is 7. The van der Waals surface area contributed by atoms with Crippen LogP contribution in [0, 0.1) is 6.92 Å². The van der Waals surface area contributed by atoms with Crippen LogP contribution in [0.15, 0.2) is 36.4 Å². The number of aryl methyl sites for hydroxylation is 3. The van der Waals surface area contributed by atoms with Crippen molar-refractivity contribution in [2.24, 2.45) is 0 Å². The van der Waals surface area contributed by atoms with E-state index in [0.717, 1.165) is 41.3 Å². The normalized spacial score (nSPS) is 10.5. The highest BCUT2D eigenvalue weighted by molar-refractivity contribution is 7.80. The number of hydrogen-bond acceptors (Lipinski definition) is 2. The van der Waals surface area contributed by atoms with Gasteiger partial charge in [-0.2, -0.15) is 0 Å². The first-order valence-electron chi connectivity index (χ1n) is 8.71. The van der Waals surface area contributed by atoms with E-state index in [1.54, 1.807) is 0 Å². The first-order chi connectivity index (χ1) is 11.6. The van der Waals surface area contributed by atoms with Gasteiger partial charge in [0, 0.05) is 11.3 Å². The zero-order valence-corrected chi connectivity index (χ0v) is 15.9. The molecule has 0 atom stereocenters. The van der Waals surface area contributed by atoms with Crippen LogP contribution in [0.25, 0.3) is 0 Å². The Hall–Kier alpha value is -1.87. The summed E-state index contributed by atoms with van der Waals surface area (Å²) in [7, 11) is 0. The second-order valence-corrected chi connectivity index (χ2v) is 6.48. The summed E-state index contributed by atoms with van der Waals surface area (Å²) in [5, 5.41) is 3.33. The second kappa shape index (κ2) is 8.84. The topological polar surface area (TPSA) is 21.3 Å². The third-order valence-corrected chi connectivity index (χ3v) is 4.59. The van der Waals surface area contributed by atoms with Crippen molar-refractivity contribution < 1.29 is 4.74 Å². The van der Waals surface area contributed by atoms with Crippen molar-refractivity contribution in [1.29, 1.82) is 0 Å². The SMILES string of the molecule is CCC(=S)Nc1ccc(CC)cc1COc1ccc(CC)cc1C. The Balaban J connectivity index is 2.19. The van der Waals surface area contributed by atoms with Gasteiger partial charge in [-0.05, 0) is 55.0 Å². The van der Waals surface area contributed by atoms with Gasteiger partial charge in [0.05, 0.1) is 4.99 Å². The Bertz CT molecular complexity index is 709.